The predicted octanol–water partition coefficient (Wildman–Crippen LogP) is 2.48. The second kappa shape index (κ2) is 5.12. The topological polar surface area (TPSA) is 45.2 Å². The van der Waals surface area contributed by atoms with Crippen LogP contribution in [0.4, 0.5) is 14.9 Å². The van der Waals surface area contributed by atoms with E-state index in [1.54, 1.807) is 4.90 Å². The second-order valence-corrected chi connectivity index (χ2v) is 4.29. The molecule has 17 heavy (non-hydrogen) atoms. The van der Waals surface area contributed by atoms with Crippen LogP contribution in [0.25, 0.3) is 0 Å². The van der Waals surface area contributed by atoms with Crippen molar-refractivity contribution >= 4 is 11.7 Å². The minimum absolute atomic E-state index is 0.185. The van der Waals surface area contributed by atoms with Crippen LogP contribution in [-0.2, 0) is 0 Å². The van der Waals surface area contributed by atoms with Gasteiger partial charge in [0.1, 0.15) is 0 Å². The highest BCUT2D eigenvalue weighted by Gasteiger charge is 2.25. The van der Waals surface area contributed by atoms with E-state index in [-0.39, 0.29) is 11.7 Å². The molecule has 1 atom stereocenters. The Labute approximate surface area is 99.8 Å². The molecule has 1 aromatic rings. The lowest BCUT2D eigenvalue weighted by molar-refractivity contribution is 0.220. The van der Waals surface area contributed by atoms with Crippen LogP contribution < -0.4 is 5.32 Å². The third-order valence-electron chi connectivity index (χ3n) is 3.16. The van der Waals surface area contributed by atoms with Gasteiger partial charge >= 0.3 is 6.03 Å². The summed E-state index contributed by atoms with van der Waals surface area (Å²) in [6.45, 7) is 3.63. The molecule has 1 N–H and O–H groups in total. The van der Waals surface area contributed by atoms with Crippen LogP contribution in [0.3, 0.4) is 0 Å². The van der Waals surface area contributed by atoms with Gasteiger partial charge in [-0.1, -0.05) is 13.3 Å². The molecule has 1 aromatic heterocycles. The Bertz CT molecular complexity index is 410. The summed E-state index contributed by atoms with van der Waals surface area (Å²) in [5.74, 6) is 0.0649. The van der Waals surface area contributed by atoms with Crippen molar-refractivity contribution in [3.63, 3.8) is 0 Å². The molecular formula is C12H16FN3O. The number of likely N-dealkylation sites (tertiary alicyclic amines) is 1. The minimum atomic E-state index is -0.507. The van der Waals surface area contributed by atoms with Crippen molar-refractivity contribution in [1.29, 1.82) is 0 Å². The number of halogens is 1. The molecule has 4 nitrogen and oxygen atoms in total. The van der Waals surface area contributed by atoms with E-state index in [2.05, 4.69) is 17.2 Å². The Morgan fingerprint density at radius 3 is 3.18 bits per heavy atom. The smallest absolute Gasteiger partial charge is 0.321 e. The van der Waals surface area contributed by atoms with Crippen LogP contribution in [-0.4, -0.2) is 29.0 Å². The SMILES string of the molecule is CCC1CCN(C(=O)Nc2ccncc2F)C1. The number of amides is 2. The average molecular weight is 237 g/mol. The number of carbonyl (C=O) groups is 1. The molecule has 2 rings (SSSR count). The Morgan fingerprint density at radius 1 is 1.71 bits per heavy atom. The lowest BCUT2D eigenvalue weighted by Crippen LogP contribution is -2.33. The number of nitrogens with one attached hydrogen (secondary N) is 1. The lowest BCUT2D eigenvalue weighted by atomic mass is 10.1. The number of nitrogens with zero attached hydrogens (tertiary/aromatic N) is 2. The number of anilines is 1. The number of rotatable bonds is 2. The fourth-order valence-corrected chi connectivity index (χ4v) is 2.02. The van der Waals surface area contributed by atoms with Gasteiger partial charge in [-0.2, -0.15) is 0 Å². The van der Waals surface area contributed by atoms with E-state index in [1.807, 2.05) is 0 Å². The zero-order valence-electron chi connectivity index (χ0n) is 9.82. The summed E-state index contributed by atoms with van der Waals surface area (Å²) in [6, 6.07) is 1.23. The molecule has 0 saturated carbocycles. The molecule has 0 spiro atoms. The van der Waals surface area contributed by atoms with Gasteiger partial charge in [-0.15, -0.1) is 0 Å². The molecule has 1 saturated heterocycles. The van der Waals surface area contributed by atoms with E-state index in [9.17, 15) is 9.18 Å². The van der Waals surface area contributed by atoms with Crippen molar-refractivity contribution in [2.75, 3.05) is 18.4 Å². The van der Waals surface area contributed by atoms with Gasteiger partial charge in [0.05, 0.1) is 11.9 Å². The van der Waals surface area contributed by atoms with Gasteiger partial charge in [0.25, 0.3) is 0 Å². The first-order valence-electron chi connectivity index (χ1n) is 5.86. The molecule has 1 unspecified atom stereocenters. The summed E-state index contributed by atoms with van der Waals surface area (Å²) in [7, 11) is 0. The van der Waals surface area contributed by atoms with E-state index in [0.29, 0.717) is 5.92 Å². The van der Waals surface area contributed by atoms with Gasteiger partial charge in [-0.3, -0.25) is 4.98 Å². The summed E-state index contributed by atoms with van der Waals surface area (Å²) in [5.41, 5.74) is 0.185. The maximum Gasteiger partial charge on any atom is 0.321 e. The molecule has 5 heteroatoms. The highest BCUT2D eigenvalue weighted by Crippen LogP contribution is 2.20. The number of hydrogen-bond acceptors (Lipinski definition) is 2. The van der Waals surface area contributed by atoms with Crippen LogP contribution in [0.15, 0.2) is 18.5 Å². The fourth-order valence-electron chi connectivity index (χ4n) is 2.02. The largest absolute Gasteiger partial charge is 0.324 e. The summed E-state index contributed by atoms with van der Waals surface area (Å²) in [6.07, 6.45) is 4.65. The Hall–Kier alpha value is -1.65. The zero-order valence-corrected chi connectivity index (χ0v) is 9.82. The van der Waals surface area contributed by atoms with Crippen LogP contribution in [0.1, 0.15) is 19.8 Å². The maximum atomic E-state index is 13.3. The number of aromatic nitrogens is 1. The van der Waals surface area contributed by atoms with Crippen molar-refractivity contribution in [2.45, 2.75) is 19.8 Å². The van der Waals surface area contributed by atoms with Crippen molar-refractivity contribution in [3.05, 3.63) is 24.3 Å². The van der Waals surface area contributed by atoms with Gasteiger partial charge in [-0.25, -0.2) is 9.18 Å². The Balaban J connectivity index is 1.96. The molecule has 0 aromatic carbocycles. The first-order valence-corrected chi connectivity index (χ1v) is 5.86. The van der Waals surface area contributed by atoms with E-state index >= 15 is 0 Å². The van der Waals surface area contributed by atoms with Gasteiger partial charge in [0, 0.05) is 19.3 Å². The molecule has 2 amide bonds. The Kier molecular flexibility index (Phi) is 3.56. The number of pyridine rings is 1. The molecule has 2 heterocycles. The van der Waals surface area contributed by atoms with E-state index in [1.165, 1.54) is 12.3 Å². The molecule has 0 radical (unpaired) electrons. The standard InChI is InChI=1S/C12H16FN3O/c1-2-9-4-6-16(8-9)12(17)15-11-3-5-14-7-10(11)13/h3,5,7,9H,2,4,6,8H2,1H3,(H,14,15,17). The van der Waals surface area contributed by atoms with E-state index in [4.69, 9.17) is 0 Å². The third kappa shape index (κ3) is 2.72. The first kappa shape index (κ1) is 11.8. The normalized spacial score (nSPS) is 19.4. The summed E-state index contributed by atoms with van der Waals surface area (Å²) < 4.78 is 13.3. The van der Waals surface area contributed by atoms with Crippen LogP contribution in [0.2, 0.25) is 0 Å². The second-order valence-electron chi connectivity index (χ2n) is 4.29. The van der Waals surface area contributed by atoms with E-state index in [0.717, 1.165) is 32.1 Å². The average Bonchev–Trinajstić information content (AvgIpc) is 2.81. The van der Waals surface area contributed by atoms with Crippen molar-refractivity contribution in [2.24, 2.45) is 5.92 Å². The monoisotopic (exact) mass is 237 g/mol. The number of hydrogen-bond donors (Lipinski definition) is 1. The van der Waals surface area contributed by atoms with Gasteiger partial charge < -0.3 is 10.2 Å². The molecule has 0 aliphatic carbocycles. The predicted molar refractivity (Wildman–Crippen MR) is 63.2 cm³/mol. The highest BCUT2D eigenvalue weighted by molar-refractivity contribution is 5.89. The molecule has 0 bridgehead atoms. The molecular weight excluding hydrogens is 221 g/mol. The highest BCUT2D eigenvalue weighted by atomic mass is 19.1. The molecule has 1 aliphatic heterocycles. The van der Waals surface area contributed by atoms with Crippen LogP contribution >= 0.6 is 0 Å². The van der Waals surface area contributed by atoms with E-state index < -0.39 is 5.82 Å². The van der Waals surface area contributed by atoms with Gasteiger partial charge in [-0.05, 0) is 18.4 Å². The zero-order chi connectivity index (χ0) is 12.3. The summed E-state index contributed by atoms with van der Waals surface area (Å²) in [4.78, 5) is 17.2. The molecule has 1 fully saturated rings. The van der Waals surface area contributed by atoms with Crippen molar-refractivity contribution in [3.8, 4) is 0 Å². The maximum absolute atomic E-state index is 13.3. The lowest BCUT2D eigenvalue weighted by Gasteiger charge is -2.17. The summed E-state index contributed by atoms with van der Waals surface area (Å²) >= 11 is 0. The number of carbonyl (C=O) groups excluding carboxylic acids is 1. The first-order chi connectivity index (χ1) is 8.20. The third-order valence-corrected chi connectivity index (χ3v) is 3.16. The number of urea groups is 1. The van der Waals surface area contributed by atoms with Crippen molar-refractivity contribution in [1.82, 2.24) is 9.88 Å². The fraction of sp³-hybridized carbons (Fsp3) is 0.500. The minimum Gasteiger partial charge on any atom is -0.324 e. The van der Waals surface area contributed by atoms with Crippen LogP contribution in [0, 0.1) is 11.7 Å². The van der Waals surface area contributed by atoms with Gasteiger partial charge in [0.15, 0.2) is 5.82 Å². The van der Waals surface area contributed by atoms with Gasteiger partial charge in [0.2, 0.25) is 0 Å². The summed E-state index contributed by atoms with van der Waals surface area (Å²) in [5, 5.41) is 2.57. The molecule has 92 valence electrons. The van der Waals surface area contributed by atoms with Crippen LogP contribution in [0.5, 0.6) is 0 Å². The quantitative estimate of drug-likeness (QED) is 0.858. The van der Waals surface area contributed by atoms with Crippen molar-refractivity contribution < 1.29 is 9.18 Å². The molecule has 1 aliphatic rings. The Morgan fingerprint density at radius 2 is 2.53 bits per heavy atom.